The second kappa shape index (κ2) is 7.48. The molecule has 0 aliphatic carbocycles. The van der Waals surface area contributed by atoms with E-state index in [1.54, 1.807) is 24.3 Å². The molecule has 2 aliphatic rings. The first-order chi connectivity index (χ1) is 13.4. The van der Waals surface area contributed by atoms with Crippen molar-refractivity contribution in [2.24, 2.45) is 0 Å². The third-order valence-corrected chi connectivity index (χ3v) is 7.09. The molecule has 4 rings (SSSR count). The summed E-state index contributed by atoms with van der Waals surface area (Å²) in [5, 5.41) is 0. The van der Waals surface area contributed by atoms with Gasteiger partial charge in [0.1, 0.15) is 11.9 Å². The highest BCUT2D eigenvalue weighted by Gasteiger charge is 2.30. The average molecular weight is 418 g/mol. The van der Waals surface area contributed by atoms with Crippen LogP contribution in [0.25, 0.3) is 0 Å². The highest BCUT2D eigenvalue weighted by molar-refractivity contribution is 8.00. The van der Waals surface area contributed by atoms with Crippen molar-refractivity contribution in [1.82, 2.24) is 0 Å². The van der Waals surface area contributed by atoms with Crippen molar-refractivity contribution in [3.8, 4) is 5.75 Å². The van der Waals surface area contributed by atoms with E-state index in [0.29, 0.717) is 17.1 Å². The van der Waals surface area contributed by atoms with Crippen LogP contribution in [0.1, 0.15) is 12.8 Å². The molecule has 0 radical (unpaired) electrons. The van der Waals surface area contributed by atoms with Crippen LogP contribution in [0.4, 0.5) is 11.4 Å². The van der Waals surface area contributed by atoms with Gasteiger partial charge in [0.25, 0.3) is 10.0 Å². The maximum Gasteiger partial charge on any atom is 0.261 e. The molecular formula is C19H18N2O5S2. The van der Waals surface area contributed by atoms with Crippen LogP contribution in [0, 0.1) is 0 Å². The third-order valence-electron chi connectivity index (χ3n) is 4.47. The Morgan fingerprint density at radius 3 is 2.07 bits per heavy atom. The standard InChI is InChI=1S/C19H18N2O5S2/c22-18-9-10-19(23)21(18)14-3-7-17(8-4-14)28(24,25)20-13-1-5-15(6-2-13)26-16-11-27-12-16/h1-8,16,20H,9-12H2. The molecule has 2 aromatic rings. The zero-order valence-corrected chi connectivity index (χ0v) is 16.5. The van der Waals surface area contributed by atoms with Gasteiger partial charge in [-0.25, -0.2) is 8.42 Å². The minimum absolute atomic E-state index is 0.0437. The highest BCUT2D eigenvalue weighted by Crippen LogP contribution is 2.27. The summed E-state index contributed by atoms with van der Waals surface area (Å²) in [6, 6.07) is 12.4. The number of nitrogens with zero attached hydrogens (tertiary/aromatic N) is 1. The fourth-order valence-electron chi connectivity index (χ4n) is 2.93. The number of amides is 2. The van der Waals surface area contributed by atoms with Gasteiger partial charge in [-0.1, -0.05) is 0 Å². The number of thioether (sulfide) groups is 1. The molecule has 0 unspecified atom stereocenters. The van der Waals surface area contributed by atoms with Gasteiger partial charge in [0, 0.05) is 30.0 Å². The Kier molecular flexibility index (Phi) is 5.03. The number of anilines is 2. The molecule has 146 valence electrons. The van der Waals surface area contributed by atoms with Gasteiger partial charge in [-0.3, -0.25) is 19.2 Å². The summed E-state index contributed by atoms with van der Waals surface area (Å²) in [5.41, 5.74) is 0.798. The van der Waals surface area contributed by atoms with Gasteiger partial charge in [-0.15, -0.1) is 0 Å². The number of hydrogen-bond acceptors (Lipinski definition) is 6. The van der Waals surface area contributed by atoms with Gasteiger partial charge in [0.05, 0.1) is 10.6 Å². The topological polar surface area (TPSA) is 92.8 Å². The van der Waals surface area contributed by atoms with E-state index in [0.717, 1.165) is 16.4 Å². The molecule has 0 spiro atoms. The van der Waals surface area contributed by atoms with Gasteiger partial charge >= 0.3 is 0 Å². The van der Waals surface area contributed by atoms with Gasteiger partial charge < -0.3 is 4.74 Å². The lowest BCUT2D eigenvalue weighted by molar-refractivity contribution is -0.121. The normalized spacial score (nSPS) is 17.5. The number of carbonyl (C=O) groups is 2. The highest BCUT2D eigenvalue weighted by atomic mass is 32.2. The second-order valence-electron chi connectivity index (χ2n) is 6.52. The zero-order valence-electron chi connectivity index (χ0n) is 14.8. The molecule has 0 aromatic heterocycles. The van der Waals surface area contributed by atoms with Crippen molar-refractivity contribution in [2.45, 2.75) is 23.8 Å². The molecule has 2 heterocycles. The van der Waals surface area contributed by atoms with E-state index >= 15 is 0 Å². The van der Waals surface area contributed by atoms with E-state index in [2.05, 4.69) is 4.72 Å². The summed E-state index contributed by atoms with van der Waals surface area (Å²) in [4.78, 5) is 24.7. The summed E-state index contributed by atoms with van der Waals surface area (Å²) in [5.74, 6) is 2.10. The Balaban J connectivity index is 1.45. The van der Waals surface area contributed by atoms with E-state index in [1.807, 2.05) is 11.8 Å². The van der Waals surface area contributed by atoms with E-state index in [1.165, 1.54) is 24.3 Å². The van der Waals surface area contributed by atoms with Gasteiger partial charge in [0.15, 0.2) is 0 Å². The van der Waals surface area contributed by atoms with Crippen LogP contribution in [0.2, 0.25) is 0 Å². The Labute approximate surface area is 167 Å². The number of imide groups is 1. The quantitative estimate of drug-likeness (QED) is 0.725. The van der Waals surface area contributed by atoms with Gasteiger partial charge in [0.2, 0.25) is 11.8 Å². The van der Waals surface area contributed by atoms with Crippen LogP contribution in [0.3, 0.4) is 0 Å². The predicted octanol–water partition coefficient (Wildman–Crippen LogP) is 2.64. The molecule has 2 amide bonds. The molecular weight excluding hydrogens is 400 g/mol. The largest absolute Gasteiger partial charge is 0.489 e. The van der Waals surface area contributed by atoms with E-state index in [4.69, 9.17) is 4.74 Å². The Morgan fingerprint density at radius 1 is 0.929 bits per heavy atom. The van der Waals surface area contributed by atoms with Crippen LogP contribution >= 0.6 is 11.8 Å². The average Bonchev–Trinajstić information content (AvgIpc) is 2.98. The van der Waals surface area contributed by atoms with Gasteiger partial charge in [-0.05, 0) is 48.5 Å². The molecule has 2 aliphatic heterocycles. The van der Waals surface area contributed by atoms with Crippen LogP contribution in [0.5, 0.6) is 5.75 Å². The Morgan fingerprint density at radius 2 is 1.54 bits per heavy atom. The SMILES string of the molecule is O=C1CCC(=O)N1c1ccc(S(=O)(=O)Nc2ccc(OC3CSC3)cc2)cc1. The fourth-order valence-corrected chi connectivity index (χ4v) is 4.55. The monoisotopic (exact) mass is 418 g/mol. The Bertz CT molecular complexity index is 984. The molecule has 2 aromatic carbocycles. The second-order valence-corrected chi connectivity index (χ2v) is 9.28. The summed E-state index contributed by atoms with van der Waals surface area (Å²) < 4.78 is 33.4. The van der Waals surface area contributed by atoms with Crippen molar-refractivity contribution in [1.29, 1.82) is 0 Å². The van der Waals surface area contributed by atoms with Crippen molar-refractivity contribution < 1.29 is 22.7 Å². The Hall–Kier alpha value is -2.52. The summed E-state index contributed by atoms with van der Waals surface area (Å²) >= 11 is 1.83. The first kappa shape index (κ1) is 18.8. The summed E-state index contributed by atoms with van der Waals surface area (Å²) in [6.45, 7) is 0. The van der Waals surface area contributed by atoms with E-state index in [9.17, 15) is 18.0 Å². The minimum Gasteiger partial charge on any atom is -0.489 e. The number of nitrogens with one attached hydrogen (secondary N) is 1. The molecule has 2 saturated heterocycles. The molecule has 0 atom stereocenters. The maximum absolute atomic E-state index is 12.6. The lowest BCUT2D eigenvalue weighted by atomic mass is 10.3. The minimum atomic E-state index is -3.79. The first-order valence-electron chi connectivity index (χ1n) is 8.75. The molecule has 7 nitrogen and oxygen atoms in total. The summed E-state index contributed by atoms with van der Waals surface area (Å²) in [6.07, 6.45) is 0.583. The van der Waals surface area contributed by atoms with E-state index in [-0.39, 0.29) is 35.7 Å². The molecule has 1 N–H and O–H groups in total. The maximum atomic E-state index is 12.6. The fraction of sp³-hybridized carbons (Fsp3) is 0.263. The molecule has 28 heavy (non-hydrogen) atoms. The van der Waals surface area contributed by atoms with Crippen molar-refractivity contribution in [3.05, 3.63) is 48.5 Å². The number of sulfonamides is 1. The zero-order chi connectivity index (χ0) is 19.7. The van der Waals surface area contributed by atoms with Crippen molar-refractivity contribution in [2.75, 3.05) is 21.1 Å². The van der Waals surface area contributed by atoms with Gasteiger partial charge in [-0.2, -0.15) is 11.8 Å². The van der Waals surface area contributed by atoms with Crippen molar-refractivity contribution >= 4 is 45.0 Å². The number of benzene rings is 2. The number of hydrogen-bond donors (Lipinski definition) is 1. The molecule has 0 saturated carbocycles. The first-order valence-corrected chi connectivity index (χ1v) is 11.4. The third kappa shape index (κ3) is 3.85. The predicted molar refractivity (Wildman–Crippen MR) is 107 cm³/mol. The van der Waals surface area contributed by atoms with Crippen LogP contribution in [-0.2, 0) is 19.6 Å². The molecule has 2 fully saturated rings. The summed E-state index contributed by atoms with van der Waals surface area (Å²) in [7, 11) is -3.79. The van der Waals surface area contributed by atoms with Crippen molar-refractivity contribution in [3.63, 3.8) is 0 Å². The van der Waals surface area contributed by atoms with Crippen LogP contribution in [-0.4, -0.2) is 37.8 Å². The smallest absolute Gasteiger partial charge is 0.261 e. The van der Waals surface area contributed by atoms with Crippen LogP contribution in [0.15, 0.2) is 53.4 Å². The molecule has 9 heteroatoms. The number of carbonyl (C=O) groups excluding carboxylic acids is 2. The lowest BCUT2D eigenvalue weighted by Crippen LogP contribution is -2.30. The van der Waals surface area contributed by atoms with Crippen LogP contribution < -0.4 is 14.4 Å². The number of ether oxygens (including phenoxy) is 1. The lowest BCUT2D eigenvalue weighted by Gasteiger charge is -2.25. The number of rotatable bonds is 6. The molecule has 0 bridgehead atoms. The van der Waals surface area contributed by atoms with E-state index < -0.39 is 10.0 Å².